The number of nitrogens with zero attached hydrogens (tertiary/aromatic N) is 1. The van der Waals surface area contributed by atoms with Crippen LogP contribution >= 0.6 is 0 Å². The molecule has 120 valence electrons. The molecule has 2 aliphatic rings. The van der Waals surface area contributed by atoms with Gasteiger partial charge in [-0.3, -0.25) is 19.3 Å². The number of hydrogen-bond acceptors (Lipinski definition) is 3. The Kier molecular flexibility index (Phi) is 3.34. The highest BCUT2D eigenvalue weighted by Gasteiger charge is 2.57. The lowest BCUT2D eigenvalue weighted by Gasteiger charge is -2.18. The maximum Gasteiger partial charge on any atom is 0.234 e. The SMILES string of the molecule is CC(=O)N1C(=O)[C@@H](Cc2ccccc2)[C@H]2c3ccccc3C(=O)[C@H]21. The molecule has 2 aromatic carbocycles. The van der Waals surface area contributed by atoms with Crippen molar-refractivity contribution in [3.05, 3.63) is 71.3 Å². The summed E-state index contributed by atoms with van der Waals surface area (Å²) in [6.45, 7) is 1.36. The number of fused-ring (bicyclic) bond motifs is 3. The van der Waals surface area contributed by atoms with Crippen molar-refractivity contribution in [2.45, 2.75) is 25.3 Å². The molecule has 1 aliphatic heterocycles. The molecule has 1 aliphatic carbocycles. The maximum absolute atomic E-state index is 12.9. The van der Waals surface area contributed by atoms with Crippen LogP contribution in [0.2, 0.25) is 0 Å². The van der Waals surface area contributed by atoms with Gasteiger partial charge in [0.2, 0.25) is 11.8 Å². The van der Waals surface area contributed by atoms with Crippen molar-refractivity contribution in [3.63, 3.8) is 0 Å². The quantitative estimate of drug-likeness (QED) is 0.855. The van der Waals surface area contributed by atoms with Gasteiger partial charge in [0.25, 0.3) is 0 Å². The number of carbonyl (C=O) groups is 3. The summed E-state index contributed by atoms with van der Waals surface area (Å²) in [5.41, 5.74) is 2.58. The van der Waals surface area contributed by atoms with E-state index in [0.717, 1.165) is 11.1 Å². The fourth-order valence-corrected chi connectivity index (χ4v) is 4.12. The Balaban J connectivity index is 1.81. The zero-order chi connectivity index (χ0) is 16.8. The molecule has 4 rings (SSSR count). The Hall–Kier alpha value is -2.75. The highest BCUT2D eigenvalue weighted by molar-refractivity contribution is 6.13. The van der Waals surface area contributed by atoms with Crippen LogP contribution in [-0.2, 0) is 16.0 Å². The van der Waals surface area contributed by atoms with Gasteiger partial charge in [0.05, 0.1) is 5.92 Å². The summed E-state index contributed by atoms with van der Waals surface area (Å²) in [5, 5.41) is 0. The standard InChI is InChI=1S/C20H17NO3/c1-12(22)21-18-17(14-9-5-6-10-15(14)19(18)23)16(20(21)24)11-13-7-3-2-4-8-13/h2-10,16-18H,11H2,1H3/t16-,17+,18-/m0/s1. The molecule has 4 nitrogen and oxygen atoms in total. The van der Waals surface area contributed by atoms with Crippen LogP contribution in [0.1, 0.15) is 34.3 Å². The van der Waals surface area contributed by atoms with Crippen molar-refractivity contribution in [1.29, 1.82) is 0 Å². The van der Waals surface area contributed by atoms with E-state index in [9.17, 15) is 14.4 Å². The third-order valence-corrected chi connectivity index (χ3v) is 5.10. The van der Waals surface area contributed by atoms with E-state index in [1.807, 2.05) is 48.5 Å². The van der Waals surface area contributed by atoms with Crippen molar-refractivity contribution in [3.8, 4) is 0 Å². The fourth-order valence-electron chi connectivity index (χ4n) is 4.12. The Morgan fingerprint density at radius 1 is 1.00 bits per heavy atom. The highest BCUT2D eigenvalue weighted by Crippen LogP contribution is 2.47. The van der Waals surface area contributed by atoms with Crippen LogP contribution in [0.15, 0.2) is 54.6 Å². The van der Waals surface area contributed by atoms with E-state index < -0.39 is 6.04 Å². The lowest BCUT2D eigenvalue weighted by molar-refractivity contribution is -0.143. The molecule has 1 saturated heterocycles. The number of likely N-dealkylation sites (tertiary alicyclic amines) is 1. The molecule has 1 heterocycles. The molecule has 0 N–H and O–H groups in total. The van der Waals surface area contributed by atoms with Crippen LogP contribution in [0.5, 0.6) is 0 Å². The van der Waals surface area contributed by atoms with Crippen LogP contribution < -0.4 is 0 Å². The molecule has 0 radical (unpaired) electrons. The molecule has 1 fully saturated rings. The van der Waals surface area contributed by atoms with Gasteiger partial charge in [-0.2, -0.15) is 0 Å². The van der Waals surface area contributed by atoms with E-state index in [4.69, 9.17) is 0 Å². The Morgan fingerprint density at radius 2 is 1.67 bits per heavy atom. The summed E-state index contributed by atoms with van der Waals surface area (Å²) < 4.78 is 0. The molecule has 0 bridgehead atoms. The molecule has 4 heteroatoms. The van der Waals surface area contributed by atoms with Crippen molar-refractivity contribution in [1.82, 2.24) is 4.90 Å². The third kappa shape index (κ3) is 2.03. The van der Waals surface area contributed by atoms with Gasteiger partial charge in [-0.05, 0) is 17.5 Å². The van der Waals surface area contributed by atoms with Crippen LogP contribution in [-0.4, -0.2) is 28.5 Å². The number of rotatable bonds is 2. The Bertz CT molecular complexity index is 843. The highest BCUT2D eigenvalue weighted by atomic mass is 16.2. The fraction of sp³-hybridized carbons (Fsp3) is 0.250. The van der Waals surface area contributed by atoms with E-state index in [-0.39, 0.29) is 29.4 Å². The van der Waals surface area contributed by atoms with Gasteiger partial charge in [0.1, 0.15) is 6.04 Å². The third-order valence-electron chi connectivity index (χ3n) is 5.10. The second-order valence-electron chi connectivity index (χ2n) is 6.45. The van der Waals surface area contributed by atoms with E-state index in [0.29, 0.717) is 12.0 Å². The largest absolute Gasteiger partial charge is 0.292 e. The minimum atomic E-state index is -0.680. The summed E-state index contributed by atoms with van der Waals surface area (Å²) in [7, 11) is 0. The average molecular weight is 319 g/mol. The lowest BCUT2D eigenvalue weighted by Crippen LogP contribution is -2.41. The van der Waals surface area contributed by atoms with Crippen molar-refractivity contribution >= 4 is 17.6 Å². The zero-order valence-corrected chi connectivity index (χ0v) is 13.3. The van der Waals surface area contributed by atoms with E-state index in [1.54, 1.807) is 6.07 Å². The molecule has 2 aromatic rings. The first-order valence-corrected chi connectivity index (χ1v) is 8.10. The minimum Gasteiger partial charge on any atom is -0.292 e. The number of carbonyl (C=O) groups excluding carboxylic acids is 3. The summed E-state index contributed by atoms with van der Waals surface area (Å²) in [5.74, 6) is -1.33. The second-order valence-corrected chi connectivity index (χ2v) is 6.45. The lowest BCUT2D eigenvalue weighted by atomic mass is 9.84. The van der Waals surface area contributed by atoms with Crippen LogP contribution in [0.3, 0.4) is 0 Å². The van der Waals surface area contributed by atoms with Gasteiger partial charge in [0, 0.05) is 18.4 Å². The normalized spacial score (nSPS) is 24.9. The Labute approximate surface area is 140 Å². The Morgan fingerprint density at radius 3 is 2.38 bits per heavy atom. The van der Waals surface area contributed by atoms with Crippen molar-refractivity contribution in [2.75, 3.05) is 0 Å². The smallest absolute Gasteiger partial charge is 0.234 e. The molecular formula is C20H17NO3. The molecule has 24 heavy (non-hydrogen) atoms. The molecular weight excluding hydrogens is 302 g/mol. The first kappa shape index (κ1) is 14.8. The van der Waals surface area contributed by atoms with Crippen LogP contribution in [0, 0.1) is 5.92 Å². The predicted octanol–water partition coefficient (Wildman–Crippen LogP) is 2.58. The van der Waals surface area contributed by atoms with Gasteiger partial charge in [-0.25, -0.2) is 0 Å². The summed E-state index contributed by atoms with van der Waals surface area (Å²) in [4.78, 5) is 38.9. The first-order chi connectivity index (χ1) is 11.6. The number of benzene rings is 2. The van der Waals surface area contributed by atoms with E-state index in [2.05, 4.69) is 0 Å². The number of ketones is 1. The molecule has 2 amide bonds. The van der Waals surface area contributed by atoms with Crippen molar-refractivity contribution in [2.24, 2.45) is 5.92 Å². The summed E-state index contributed by atoms with van der Waals surface area (Å²) >= 11 is 0. The van der Waals surface area contributed by atoms with Crippen LogP contribution in [0.4, 0.5) is 0 Å². The molecule has 0 aromatic heterocycles. The second kappa shape index (κ2) is 5.41. The average Bonchev–Trinajstić information content (AvgIpc) is 3.03. The van der Waals surface area contributed by atoms with E-state index >= 15 is 0 Å². The topological polar surface area (TPSA) is 54.5 Å². The van der Waals surface area contributed by atoms with Gasteiger partial charge in [-0.1, -0.05) is 54.6 Å². The predicted molar refractivity (Wildman–Crippen MR) is 88.5 cm³/mol. The molecule has 0 saturated carbocycles. The van der Waals surface area contributed by atoms with Gasteiger partial charge < -0.3 is 0 Å². The van der Waals surface area contributed by atoms with Gasteiger partial charge in [0.15, 0.2) is 5.78 Å². The van der Waals surface area contributed by atoms with Crippen molar-refractivity contribution < 1.29 is 14.4 Å². The molecule has 3 atom stereocenters. The summed E-state index contributed by atoms with van der Waals surface area (Å²) in [6.07, 6.45) is 0.534. The van der Waals surface area contributed by atoms with Gasteiger partial charge >= 0.3 is 0 Å². The minimum absolute atomic E-state index is 0.116. The van der Waals surface area contributed by atoms with Crippen LogP contribution in [0.25, 0.3) is 0 Å². The number of amides is 2. The monoisotopic (exact) mass is 319 g/mol. The number of hydrogen-bond donors (Lipinski definition) is 0. The number of imide groups is 1. The van der Waals surface area contributed by atoms with E-state index in [1.165, 1.54) is 11.8 Å². The number of Topliss-reactive ketones (excluding diaryl/α,β-unsaturated/α-hetero) is 1. The maximum atomic E-state index is 12.9. The zero-order valence-electron chi connectivity index (χ0n) is 13.3. The molecule has 0 unspecified atom stereocenters. The first-order valence-electron chi connectivity index (χ1n) is 8.10. The molecule has 0 spiro atoms. The summed E-state index contributed by atoms with van der Waals surface area (Å²) in [6, 6.07) is 16.5. The van der Waals surface area contributed by atoms with Gasteiger partial charge in [-0.15, -0.1) is 0 Å².